The van der Waals surface area contributed by atoms with Crippen molar-refractivity contribution < 1.29 is 41.0 Å². The van der Waals surface area contributed by atoms with Crippen molar-refractivity contribution in [3.05, 3.63) is 0 Å². The highest BCUT2D eigenvalue weighted by molar-refractivity contribution is 5.76. The molecule has 0 aromatic heterocycles. The van der Waals surface area contributed by atoms with E-state index < -0.39 is 41.9 Å². The van der Waals surface area contributed by atoms with Gasteiger partial charge in [0.2, 0.25) is 0 Å². The highest BCUT2D eigenvalue weighted by Gasteiger charge is 2.56. The molecule has 126 valence electrons. The molecule has 1 N–H and O–H groups in total. The van der Waals surface area contributed by atoms with Crippen LogP contribution in [0.5, 0.6) is 0 Å². The number of ether oxygens (including phenoxy) is 1. The van der Waals surface area contributed by atoms with Gasteiger partial charge in [-0.3, -0.25) is 4.79 Å². The minimum Gasteiger partial charge on any atom is -0.452 e. The van der Waals surface area contributed by atoms with E-state index in [-0.39, 0.29) is 13.3 Å². The lowest BCUT2D eigenvalue weighted by molar-refractivity contribution is -0.285. The van der Waals surface area contributed by atoms with Crippen molar-refractivity contribution >= 4 is 5.97 Å². The van der Waals surface area contributed by atoms with Crippen LogP contribution in [-0.4, -0.2) is 35.1 Å². The van der Waals surface area contributed by atoms with Crippen LogP contribution in [-0.2, 0) is 9.53 Å². The van der Waals surface area contributed by atoms with Gasteiger partial charge in [-0.05, 0) is 27.2 Å². The van der Waals surface area contributed by atoms with Crippen molar-refractivity contribution in [2.45, 2.75) is 64.6 Å². The summed E-state index contributed by atoms with van der Waals surface area (Å²) in [7, 11) is 0. The molecule has 2 unspecified atom stereocenters. The van der Waals surface area contributed by atoms with E-state index in [2.05, 4.69) is 4.74 Å². The Morgan fingerprint density at radius 1 is 1.10 bits per heavy atom. The molecular formula is C12H18F6O3. The molecule has 0 rings (SSSR count). The zero-order valence-corrected chi connectivity index (χ0v) is 12.0. The van der Waals surface area contributed by atoms with Crippen molar-refractivity contribution in [1.82, 2.24) is 0 Å². The Morgan fingerprint density at radius 3 is 1.81 bits per heavy atom. The molecule has 0 radical (unpaired) electrons. The first-order valence-electron chi connectivity index (χ1n) is 6.11. The summed E-state index contributed by atoms with van der Waals surface area (Å²) >= 11 is 0. The Balaban J connectivity index is 5.24. The standard InChI is InChI=1S/C12H18F6O3/c1-5-9(2,3)8(19)21-7(11(13,14)15)6-10(4,20)12(16,17)18/h7,20H,5-6H2,1-4H3. The third kappa shape index (κ3) is 5.37. The van der Waals surface area contributed by atoms with Crippen LogP contribution < -0.4 is 0 Å². The first-order valence-corrected chi connectivity index (χ1v) is 6.11. The maximum atomic E-state index is 12.7. The van der Waals surface area contributed by atoms with Gasteiger partial charge in [-0.1, -0.05) is 6.92 Å². The molecule has 0 spiro atoms. The Bertz CT molecular complexity index is 370. The van der Waals surface area contributed by atoms with E-state index in [9.17, 15) is 31.1 Å². The van der Waals surface area contributed by atoms with E-state index in [4.69, 9.17) is 5.11 Å². The number of aliphatic hydroxyl groups is 1. The second-order valence-electron chi connectivity index (χ2n) is 5.65. The topological polar surface area (TPSA) is 46.5 Å². The van der Waals surface area contributed by atoms with Gasteiger partial charge in [0.1, 0.15) is 0 Å². The molecule has 9 heteroatoms. The fraction of sp³-hybridized carbons (Fsp3) is 0.917. The average Bonchev–Trinajstić information content (AvgIpc) is 2.24. The lowest BCUT2D eigenvalue weighted by Gasteiger charge is -2.32. The van der Waals surface area contributed by atoms with Crippen LogP contribution in [0.1, 0.15) is 40.5 Å². The minimum absolute atomic E-state index is 0.145. The first-order chi connectivity index (χ1) is 9.04. The number of carbonyl (C=O) groups excluding carboxylic acids is 1. The Hall–Kier alpha value is -0.990. The molecule has 2 atom stereocenters. The third-order valence-electron chi connectivity index (χ3n) is 3.24. The number of halogens is 6. The molecule has 0 saturated heterocycles. The molecule has 0 aromatic carbocycles. The third-order valence-corrected chi connectivity index (χ3v) is 3.24. The molecule has 0 aliphatic carbocycles. The maximum Gasteiger partial charge on any atom is 0.425 e. The van der Waals surface area contributed by atoms with Crippen LogP contribution >= 0.6 is 0 Å². The molecule has 3 nitrogen and oxygen atoms in total. The smallest absolute Gasteiger partial charge is 0.425 e. The zero-order chi connectivity index (χ0) is 17.3. The van der Waals surface area contributed by atoms with Gasteiger partial charge >= 0.3 is 18.3 Å². The number of hydrogen-bond donors (Lipinski definition) is 1. The monoisotopic (exact) mass is 324 g/mol. The van der Waals surface area contributed by atoms with Crippen molar-refractivity contribution in [2.75, 3.05) is 0 Å². The van der Waals surface area contributed by atoms with Gasteiger partial charge < -0.3 is 9.84 Å². The second kappa shape index (κ2) is 6.02. The van der Waals surface area contributed by atoms with Crippen LogP contribution in [0.3, 0.4) is 0 Å². The molecule has 0 amide bonds. The summed E-state index contributed by atoms with van der Waals surface area (Å²) in [6.07, 6.45) is -15.2. The highest BCUT2D eigenvalue weighted by atomic mass is 19.4. The van der Waals surface area contributed by atoms with E-state index in [0.717, 1.165) is 0 Å². The lowest BCUT2D eigenvalue weighted by atomic mass is 9.90. The molecule has 0 fully saturated rings. The van der Waals surface area contributed by atoms with Crippen molar-refractivity contribution in [1.29, 1.82) is 0 Å². The van der Waals surface area contributed by atoms with Gasteiger partial charge in [0.25, 0.3) is 0 Å². The van der Waals surface area contributed by atoms with Gasteiger partial charge in [-0.25, -0.2) is 0 Å². The van der Waals surface area contributed by atoms with Gasteiger partial charge in [0, 0.05) is 6.42 Å². The molecule has 21 heavy (non-hydrogen) atoms. The fourth-order valence-electron chi connectivity index (χ4n) is 1.13. The van der Waals surface area contributed by atoms with E-state index in [1.807, 2.05) is 0 Å². The zero-order valence-electron chi connectivity index (χ0n) is 12.0. The quantitative estimate of drug-likeness (QED) is 0.621. The maximum absolute atomic E-state index is 12.7. The van der Waals surface area contributed by atoms with Crippen LogP contribution in [0.25, 0.3) is 0 Å². The van der Waals surface area contributed by atoms with Crippen LogP contribution in [0.15, 0.2) is 0 Å². The highest BCUT2D eigenvalue weighted by Crippen LogP contribution is 2.39. The van der Waals surface area contributed by atoms with E-state index in [1.54, 1.807) is 0 Å². The number of rotatable bonds is 5. The first kappa shape index (κ1) is 20.0. The van der Waals surface area contributed by atoms with E-state index in [0.29, 0.717) is 0 Å². The fourth-order valence-corrected chi connectivity index (χ4v) is 1.13. The number of alkyl halides is 6. The van der Waals surface area contributed by atoms with Gasteiger partial charge in [-0.2, -0.15) is 26.3 Å². The Labute approximate surface area is 118 Å². The predicted molar refractivity (Wildman–Crippen MR) is 61.3 cm³/mol. The SMILES string of the molecule is CCC(C)(C)C(=O)OC(CC(C)(O)C(F)(F)F)C(F)(F)F. The minimum atomic E-state index is -5.27. The van der Waals surface area contributed by atoms with Crippen molar-refractivity contribution in [3.8, 4) is 0 Å². The number of carbonyl (C=O) groups is 1. The summed E-state index contributed by atoms with van der Waals surface area (Å²) in [4.78, 5) is 11.6. The summed E-state index contributed by atoms with van der Waals surface area (Å²) in [5, 5.41) is 9.14. The van der Waals surface area contributed by atoms with E-state index in [1.165, 1.54) is 20.8 Å². The summed E-state index contributed by atoms with van der Waals surface area (Å²) < 4.78 is 79.8. The van der Waals surface area contributed by atoms with Gasteiger partial charge in [0.15, 0.2) is 11.7 Å². The summed E-state index contributed by atoms with van der Waals surface area (Å²) in [5.41, 5.74) is -4.89. The van der Waals surface area contributed by atoms with Crippen LogP contribution in [0, 0.1) is 5.41 Å². The largest absolute Gasteiger partial charge is 0.452 e. The van der Waals surface area contributed by atoms with Crippen molar-refractivity contribution in [2.24, 2.45) is 5.41 Å². The summed E-state index contributed by atoms with van der Waals surface area (Å²) in [6.45, 7) is 4.34. The summed E-state index contributed by atoms with van der Waals surface area (Å²) in [5.74, 6) is -1.27. The average molecular weight is 324 g/mol. The molecule has 0 heterocycles. The molecule has 0 aromatic rings. The van der Waals surface area contributed by atoms with Gasteiger partial charge in [0.05, 0.1) is 5.41 Å². The lowest BCUT2D eigenvalue weighted by Crippen LogP contribution is -2.49. The Kier molecular flexibility index (Phi) is 5.73. The van der Waals surface area contributed by atoms with Crippen molar-refractivity contribution in [3.63, 3.8) is 0 Å². The molecule has 0 saturated carbocycles. The molecular weight excluding hydrogens is 306 g/mol. The summed E-state index contributed by atoms with van der Waals surface area (Å²) in [6, 6.07) is 0. The van der Waals surface area contributed by atoms with Crippen LogP contribution in [0.4, 0.5) is 26.3 Å². The second-order valence-corrected chi connectivity index (χ2v) is 5.65. The van der Waals surface area contributed by atoms with Gasteiger partial charge in [-0.15, -0.1) is 0 Å². The number of esters is 1. The van der Waals surface area contributed by atoms with E-state index >= 15 is 0 Å². The molecule has 0 aliphatic rings. The number of hydrogen-bond acceptors (Lipinski definition) is 3. The predicted octanol–water partition coefficient (Wildman–Crippen LogP) is 3.60. The van der Waals surface area contributed by atoms with Crippen LogP contribution in [0.2, 0.25) is 0 Å². The molecule has 0 bridgehead atoms. The normalized spacial score (nSPS) is 18.0. The Morgan fingerprint density at radius 2 is 1.52 bits per heavy atom. The molecule has 0 aliphatic heterocycles.